The number of likely N-dealkylation sites (tertiary alicyclic amines) is 1. The maximum absolute atomic E-state index is 12.6. The Morgan fingerprint density at radius 2 is 2.15 bits per heavy atom. The van der Waals surface area contributed by atoms with E-state index in [1.807, 2.05) is 0 Å². The summed E-state index contributed by atoms with van der Waals surface area (Å²) in [5.41, 5.74) is 0.392. The third kappa shape index (κ3) is 2.95. The number of methoxy groups -OCH3 is 1. The summed E-state index contributed by atoms with van der Waals surface area (Å²) in [5, 5.41) is 9.24. The Bertz CT molecular complexity index is 532. The molecule has 0 bridgehead atoms. The number of carbonyl (C=O) groups excluding carboxylic acids is 1. The first-order chi connectivity index (χ1) is 9.54. The van der Waals surface area contributed by atoms with Crippen LogP contribution in [0.1, 0.15) is 29.6 Å². The van der Waals surface area contributed by atoms with Crippen LogP contribution in [-0.2, 0) is 4.79 Å². The van der Waals surface area contributed by atoms with Crippen LogP contribution in [0.5, 0.6) is 5.75 Å². The average molecular weight is 342 g/mol. The third-order valence-electron chi connectivity index (χ3n) is 3.44. The molecule has 0 aliphatic carbocycles. The molecule has 0 aromatic heterocycles. The molecule has 0 spiro atoms. The van der Waals surface area contributed by atoms with E-state index in [0.29, 0.717) is 24.3 Å². The molecule has 0 radical (unpaired) electrons. The SMILES string of the molecule is COc1cc(Br)ccc1C(=O)N1CCCC[C@@H]1C(=O)O. The highest BCUT2D eigenvalue weighted by atomic mass is 79.9. The fourth-order valence-electron chi connectivity index (χ4n) is 2.43. The molecule has 1 aliphatic heterocycles. The van der Waals surface area contributed by atoms with Crippen LogP contribution >= 0.6 is 15.9 Å². The highest BCUT2D eigenvalue weighted by Crippen LogP contribution is 2.27. The lowest BCUT2D eigenvalue weighted by Gasteiger charge is -2.33. The van der Waals surface area contributed by atoms with Gasteiger partial charge in [0.25, 0.3) is 5.91 Å². The molecule has 6 heteroatoms. The summed E-state index contributed by atoms with van der Waals surface area (Å²) < 4.78 is 6.01. The average Bonchev–Trinajstić information content (AvgIpc) is 2.46. The molecule has 1 amide bonds. The molecule has 0 unspecified atom stereocenters. The number of hydrogen-bond donors (Lipinski definition) is 1. The molecule has 1 heterocycles. The number of carbonyl (C=O) groups is 2. The Kier molecular flexibility index (Phi) is 4.65. The molecule has 5 nitrogen and oxygen atoms in total. The Balaban J connectivity index is 2.32. The number of halogens is 1. The molecule has 1 aromatic rings. The van der Waals surface area contributed by atoms with Gasteiger partial charge in [0.2, 0.25) is 0 Å². The van der Waals surface area contributed by atoms with Gasteiger partial charge >= 0.3 is 5.97 Å². The zero-order chi connectivity index (χ0) is 14.7. The summed E-state index contributed by atoms with van der Waals surface area (Å²) in [6, 6.07) is 4.35. The second-order valence-corrected chi connectivity index (χ2v) is 5.61. The van der Waals surface area contributed by atoms with Crippen molar-refractivity contribution >= 4 is 27.8 Å². The molecule has 1 aliphatic rings. The van der Waals surface area contributed by atoms with E-state index < -0.39 is 12.0 Å². The minimum atomic E-state index is -0.950. The van der Waals surface area contributed by atoms with Gasteiger partial charge in [0.05, 0.1) is 12.7 Å². The Hall–Kier alpha value is -1.56. The standard InChI is InChI=1S/C14H16BrNO4/c1-20-12-8-9(15)5-6-10(12)13(17)16-7-3-2-4-11(16)14(18)19/h5-6,8,11H,2-4,7H2,1H3,(H,18,19)/t11-/m1/s1. The van der Waals surface area contributed by atoms with Gasteiger partial charge in [0.1, 0.15) is 11.8 Å². The molecule has 1 saturated heterocycles. The lowest BCUT2D eigenvalue weighted by atomic mass is 10.0. The predicted molar refractivity (Wildman–Crippen MR) is 77.0 cm³/mol. The number of ether oxygens (including phenoxy) is 1. The minimum Gasteiger partial charge on any atom is -0.496 e. The highest BCUT2D eigenvalue weighted by Gasteiger charge is 2.33. The maximum Gasteiger partial charge on any atom is 0.326 e. The van der Waals surface area contributed by atoms with Gasteiger partial charge in [0, 0.05) is 11.0 Å². The number of piperidine rings is 1. The van der Waals surface area contributed by atoms with Crippen molar-refractivity contribution in [1.82, 2.24) is 4.90 Å². The van der Waals surface area contributed by atoms with Crippen LogP contribution in [0, 0.1) is 0 Å². The van der Waals surface area contributed by atoms with Crippen LogP contribution in [-0.4, -0.2) is 41.6 Å². The van der Waals surface area contributed by atoms with Crippen LogP contribution < -0.4 is 4.74 Å². The molecule has 108 valence electrons. The van der Waals surface area contributed by atoms with Crippen molar-refractivity contribution in [2.45, 2.75) is 25.3 Å². The van der Waals surface area contributed by atoms with Crippen molar-refractivity contribution in [3.63, 3.8) is 0 Å². The lowest BCUT2D eigenvalue weighted by Crippen LogP contribution is -2.48. The van der Waals surface area contributed by atoms with Crippen molar-refractivity contribution in [3.05, 3.63) is 28.2 Å². The third-order valence-corrected chi connectivity index (χ3v) is 3.94. The first-order valence-electron chi connectivity index (χ1n) is 6.42. The monoisotopic (exact) mass is 341 g/mol. The van der Waals surface area contributed by atoms with Crippen molar-refractivity contribution in [1.29, 1.82) is 0 Å². The summed E-state index contributed by atoms with van der Waals surface area (Å²) in [7, 11) is 1.49. The number of aliphatic carboxylic acids is 1. The number of rotatable bonds is 3. The summed E-state index contributed by atoms with van der Waals surface area (Å²) in [6.45, 7) is 0.467. The fraction of sp³-hybridized carbons (Fsp3) is 0.429. The van der Waals surface area contributed by atoms with Crippen LogP contribution in [0.25, 0.3) is 0 Å². The van der Waals surface area contributed by atoms with Gasteiger partial charge in [-0.2, -0.15) is 0 Å². The van der Waals surface area contributed by atoms with Gasteiger partial charge in [-0.15, -0.1) is 0 Å². The van der Waals surface area contributed by atoms with Crippen LogP contribution in [0.3, 0.4) is 0 Å². The maximum atomic E-state index is 12.6. The number of carboxylic acids is 1. The van der Waals surface area contributed by atoms with Crippen LogP contribution in [0.4, 0.5) is 0 Å². The van der Waals surface area contributed by atoms with E-state index >= 15 is 0 Å². The highest BCUT2D eigenvalue weighted by molar-refractivity contribution is 9.10. The number of amides is 1. The second kappa shape index (κ2) is 6.26. The van der Waals surface area contributed by atoms with Crippen molar-refractivity contribution in [2.24, 2.45) is 0 Å². The fourth-order valence-corrected chi connectivity index (χ4v) is 2.77. The molecule has 1 N–H and O–H groups in total. The van der Waals surface area contributed by atoms with Crippen LogP contribution in [0.2, 0.25) is 0 Å². The summed E-state index contributed by atoms with van der Waals surface area (Å²) >= 11 is 3.32. The number of carboxylic acid groups (broad SMARTS) is 1. The van der Waals surface area contributed by atoms with E-state index in [4.69, 9.17) is 4.74 Å². The van der Waals surface area contributed by atoms with E-state index in [-0.39, 0.29) is 5.91 Å². The van der Waals surface area contributed by atoms with Gasteiger partial charge in [-0.1, -0.05) is 15.9 Å². The minimum absolute atomic E-state index is 0.290. The first kappa shape index (κ1) is 14.8. The van der Waals surface area contributed by atoms with E-state index in [9.17, 15) is 14.7 Å². The first-order valence-corrected chi connectivity index (χ1v) is 7.21. The van der Waals surface area contributed by atoms with Crippen molar-refractivity contribution in [2.75, 3.05) is 13.7 Å². The van der Waals surface area contributed by atoms with Gasteiger partial charge in [-0.3, -0.25) is 4.79 Å². The Labute approximate surface area is 125 Å². The van der Waals surface area contributed by atoms with E-state index in [1.54, 1.807) is 18.2 Å². The normalized spacial score (nSPS) is 18.7. The molecule has 2 rings (SSSR count). The topological polar surface area (TPSA) is 66.8 Å². The predicted octanol–water partition coefficient (Wildman–Crippen LogP) is 2.54. The quantitative estimate of drug-likeness (QED) is 0.917. The zero-order valence-electron chi connectivity index (χ0n) is 11.1. The van der Waals surface area contributed by atoms with Gasteiger partial charge < -0.3 is 14.7 Å². The molecular formula is C14H16BrNO4. The van der Waals surface area contributed by atoms with Gasteiger partial charge in [0.15, 0.2) is 0 Å². The number of nitrogens with zero attached hydrogens (tertiary/aromatic N) is 1. The van der Waals surface area contributed by atoms with E-state index in [0.717, 1.165) is 17.3 Å². The smallest absolute Gasteiger partial charge is 0.326 e. The molecule has 1 fully saturated rings. The second-order valence-electron chi connectivity index (χ2n) is 4.69. The van der Waals surface area contributed by atoms with Crippen molar-refractivity contribution in [3.8, 4) is 5.75 Å². The molecule has 1 atom stereocenters. The molecule has 1 aromatic carbocycles. The van der Waals surface area contributed by atoms with Gasteiger partial charge in [-0.25, -0.2) is 4.79 Å². The van der Waals surface area contributed by atoms with Crippen LogP contribution in [0.15, 0.2) is 22.7 Å². The van der Waals surface area contributed by atoms with E-state index in [2.05, 4.69) is 15.9 Å². The lowest BCUT2D eigenvalue weighted by molar-refractivity contribution is -0.143. The molecular weight excluding hydrogens is 326 g/mol. The zero-order valence-corrected chi connectivity index (χ0v) is 12.7. The van der Waals surface area contributed by atoms with Crippen molar-refractivity contribution < 1.29 is 19.4 Å². The number of hydrogen-bond acceptors (Lipinski definition) is 3. The molecule has 20 heavy (non-hydrogen) atoms. The Morgan fingerprint density at radius 1 is 1.40 bits per heavy atom. The molecule has 0 saturated carbocycles. The number of benzene rings is 1. The largest absolute Gasteiger partial charge is 0.496 e. The summed E-state index contributed by atoms with van der Waals surface area (Å²) in [5.74, 6) is -0.797. The summed E-state index contributed by atoms with van der Waals surface area (Å²) in [4.78, 5) is 25.3. The summed E-state index contributed by atoms with van der Waals surface area (Å²) in [6.07, 6.45) is 2.16. The van der Waals surface area contributed by atoms with Gasteiger partial charge in [-0.05, 0) is 37.5 Å². The van der Waals surface area contributed by atoms with E-state index in [1.165, 1.54) is 12.0 Å². The Morgan fingerprint density at radius 3 is 2.80 bits per heavy atom.